The fraction of sp³-hybridized carbons (Fsp3) is 0. The molecule has 1 heterocycles. The molecule has 0 aliphatic carbocycles. The van der Waals surface area contributed by atoms with Crippen LogP contribution in [0.2, 0.25) is 0 Å². The quantitative estimate of drug-likeness (QED) is 0.130. The Morgan fingerprint density at radius 2 is 0.772 bits per heavy atom. The average Bonchev–Trinajstić information content (AvgIpc) is 3.66. The van der Waals surface area contributed by atoms with Gasteiger partial charge in [0.15, 0.2) is 0 Å². The summed E-state index contributed by atoms with van der Waals surface area (Å²) in [6.45, 7) is 0. The fourth-order valence-corrected chi connectivity index (χ4v) is 9.45. The predicted molar refractivity (Wildman–Crippen MR) is 243 cm³/mol. The number of para-hydroxylation sites is 1. The maximum absolute atomic E-state index is 6.12. The Balaban J connectivity index is 1.02. The Kier molecular flexibility index (Phi) is 7.00. The molecule has 0 radical (unpaired) electrons. The molecular weight excluding hydrogens is 689 g/mol. The van der Waals surface area contributed by atoms with Crippen molar-refractivity contribution in [1.82, 2.24) is 0 Å². The number of hydrogen-bond acceptors (Lipinski definition) is 1. The van der Waals surface area contributed by atoms with Crippen molar-refractivity contribution in [1.29, 1.82) is 0 Å². The summed E-state index contributed by atoms with van der Waals surface area (Å²) < 4.78 is 6.12. The van der Waals surface area contributed by atoms with Crippen LogP contribution in [-0.4, -0.2) is 0 Å². The summed E-state index contributed by atoms with van der Waals surface area (Å²) in [5, 5.41) is 15.0. The molecule has 0 bridgehead atoms. The van der Waals surface area contributed by atoms with E-state index in [1.165, 1.54) is 98.4 Å². The van der Waals surface area contributed by atoms with Crippen LogP contribution in [0.25, 0.3) is 120 Å². The highest BCUT2D eigenvalue weighted by Crippen LogP contribution is 2.46. The standard InChI is InChI=1S/C56H34O/c1-2-15-42-36(12-1)26-29-41-34-50(43-16-3-4-18-45(43)55(41)42)39-13-11-14-40(32-39)56-48-21-7-5-19-46(48)54(47-20-6-8-22-49(47)56)37-27-24-35(25-28-37)38-30-31-53-51(33-38)44-17-9-10-23-52(44)57-53/h1-34H. The zero-order chi connectivity index (χ0) is 37.5. The number of rotatable bonds is 4. The van der Waals surface area contributed by atoms with Crippen molar-refractivity contribution >= 4 is 75.8 Å². The summed E-state index contributed by atoms with van der Waals surface area (Å²) in [4.78, 5) is 0. The van der Waals surface area contributed by atoms with E-state index in [0.29, 0.717) is 0 Å². The maximum atomic E-state index is 6.12. The molecule has 0 amide bonds. The Hall–Kier alpha value is -7.48. The Morgan fingerprint density at radius 1 is 0.246 bits per heavy atom. The molecule has 12 rings (SSSR count). The minimum Gasteiger partial charge on any atom is -0.456 e. The second-order valence-corrected chi connectivity index (χ2v) is 15.2. The average molecular weight is 723 g/mol. The molecule has 57 heavy (non-hydrogen) atoms. The van der Waals surface area contributed by atoms with Crippen LogP contribution in [0.1, 0.15) is 0 Å². The summed E-state index contributed by atoms with van der Waals surface area (Å²) in [7, 11) is 0. The van der Waals surface area contributed by atoms with Gasteiger partial charge in [0.05, 0.1) is 0 Å². The number of hydrogen-bond donors (Lipinski definition) is 0. The van der Waals surface area contributed by atoms with Crippen LogP contribution in [0.5, 0.6) is 0 Å². The lowest BCUT2D eigenvalue weighted by Crippen LogP contribution is -1.92. The zero-order valence-electron chi connectivity index (χ0n) is 31.0. The number of furan rings is 1. The van der Waals surface area contributed by atoms with E-state index in [1.54, 1.807) is 0 Å². The molecule has 0 fully saturated rings. The Labute approximate surface area is 329 Å². The maximum Gasteiger partial charge on any atom is 0.135 e. The van der Waals surface area contributed by atoms with E-state index in [9.17, 15) is 0 Å². The lowest BCUT2D eigenvalue weighted by molar-refractivity contribution is 0.669. The van der Waals surface area contributed by atoms with E-state index in [0.717, 1.165) is 21.9 Å². The number of benzene rings is 11. The van der Waals surface area contributed by atoms with Crippen molar-refractivity contribution in [2.75, 3.05) is 0 Å². The van der Waals surface area contributed by atoms with Gasteiger partial charge in [0.2, 0.25) is 0 Å². The van der Waals surface area contributed by atoms with E-state index in [2.05, 4.69) is 194 Å². The minimum absolute atomic E-state index is 0.916. The number of fused-ring (bicyclic) bond motifs is 10. The van der Waals surface area contributed by atoms with Crippen LogP contribution in [0.15, 0.2) is 211 Å². The molecule has 0 spiro atoms. The summed E-state index contributed by atoms with van der Waals surface area (Å²) in [6.07, 6.45) is 0. The third kappa shape index (κ3) is 4.96. The van der Waals surface area contributed by atoms with E-state index in [4.69, 9.17) is 4.42 Å². The summed E-state index contributed by atoms with van der Waals surface area (Å²) in [5.41, 5.74) is 11.6. The molecule has 0 unspecified atom stereocenters. The molecule has 1 aromatic heterocycles. The van der Waals surface area contributed by atoms with Gasteiger partial charge in [-0.05, 0) is 129 Å². The molecule has 0 atom stereocenters. The highest BCUT2D eigenvalue weighted by molar-refractivity contribution is 6.24. The van der Waals surface area contributed by atoms with E-state index < -0.39 is 0 Å². The third-order valence-electron chi connectivity index (χ3n) is 12.0. The van der Waals surface area contributed by atoms with Gasteiger partial charge >= 0.3 is 0 Å². The molecule has 1 heteroatoms. The predicted octanol–water partition coefficient (Wildman–Crippen LogP) is 16.0. The minimum atomic E-state index is 0.916. The second kappa shape index (κ2) is 12.5. The summed E-state index contributed by atoms with van der Waals surface area (Å²) in [6, 6.07) is 75.5. The van der Waals surface area contributed by atoms with Gasteiger partial charge in [-0.25, -0.2) is 0 Å². The van der Waals surface area contributed by atoms with Crippen LogP contribution < -0.4 is 0 Å². The molecule has 264 valence electrons. The van der Waals surface area contributed by atoms with Crippen LogP contribution in [0, 0.1) is 0 Å². The first kappa shape index (κ1) is 31.8. The van der Waals surface area contributed by atoms with E-state index in [1.807, 2.05) is 12.1 Å². The van der Waals surface area contributed by atoms with Crippen molar-refractivity contribution in [3.63, 3.8) is 0 Å². The first-order chi connectivity index (χ1) is 28.3. The highest BCUT2D eigenvalue weighted by atomic mass is 16.3. The van der Waals surface area contributed by atoms with Gasteiger partial charge in [0, 0.05) is 10.8 Å². The van der Waals surface area contributed by atoms with Crippen molar-refractivity contribution in [3.05, 3.63) is 206 Å². The van der Waals surface area contributed by atoms with Crippen LogP contribution in [-0.2, 0) is 0 Å². The Bertz CT molecular complexity index is 3510. The summed E-state index contributed by atoms with van der Waals surface area (Å²) >= 11 is 0. The van der Waals surface area contributed by atoms with Gasteiger partial charge in [-0.3, -0.25) is 0 Å². The van der Waals surface area contributed by atoms with Crippen molar-refractivity contribution in [2.45, 2.75) is 0 Å². The molecule has 0 aliphatic rings. The normalized spacial score (nSPS) is 11.9. The smallest absolute Gasteiger partial charge is 0.135 e. The van der Waals surface area contributed by atoms with Gasteiger partial charge in [-0.1, -0.05) is 176 Å². The highest BCUT2D eigenvalue weighted by Gasteiger charge is 2.18. The summed E-state index contributed by atoms with van der Waals surface area (Å²) in [5.74, 6) is 0. The fourth-order valence-electron chi connectivity index (χ4n) is 9.45. The molecule has 0 saturated heterocycles. The topological polar surface area (TPSA) is 13.1 Å². The van der Waals surface area contributed by atoms with Gasteiger partial charge < -0.3 is 4.42 Å². The first-order valence-corrected chi connectivity index (χ1v) is 19.7. The van der Waals surface area contributed by atoms with Crippen molar-refractivity contribution < 1.29 is 4.42 Å². The largest absolute Gasteiger partial charge is 0.456 e. The monoisotopic (exact) mass is 722 g/mol. The van der Waals surface area contributed by atoms with Crippen LogP contribution >= 0.6 is 0 Å². The van der Waals surface area contributed by atoms with Crippen molar-refractivity contribution in [3.8, 4) is 44.5 Å². The van der Waals surface area contributed by atoms with Crippen LogP contribution in [0.3, 0.4) is 0 Å². The molecule has 0 aliphatic heterocycles. The van der Waals surface area contributed by atoms with Crippen LogP contribution in [0.4, 0.5) is 0 Å². The van der Waals surface area contributed by atoms with Gasteiger partial charge in [0.25, 0.3) is 0 Å². The molecule has 0 N–H and O–H groups in total. The lowest BCUT2D eigenvalue weighted by atomic mass is 9.84. The molecule has 1 nitrogen and oxygen atoms in total. The van der Waals surface area contributed by atoms with Gasteiger partial charge in [0.1, 0.15) is 11.2 Å². The first-order valence-electron chi connectivity index (χ1n) is 19.7. The molecular formula is C56H34O. The third-order valence-corrected chi connectivity index (χ3v) is 12.0. The van der Waals surface area contributed by atoms with Crippen molar-refractivity contribution in [2.24, 2.45) is 0 Å². The SMILES string of the molecule is c1cc(-c2c3ccccc3c(-c3ccc(-c4ccc5oc6ccccc6c5c4)cc3)c3ccccc23)cc(-c2cc3ccc4ccccc4c3c3ccccc23)c1. The molecule has 0 saturated carbocycles. The van der Waals surface area contributed by atoms with Gasteiger partial charge in [-0.15, -0.1) is 0 Å². The van der Waals surface area contributed by atoms with E-state index >= 15 is 0 Å². The lowest BCUT2D eigenvalue weighted by Gasteiger charge is -2.19. The van der Waals surface area contributed by atoms with E-state index in [-0.39, 0.29) is 0 Å². The molecule has 11 aromatic carbocycles. The second-order valence-electron chi connectivity index (χ2n) is 15.2. The van der Waals surface area contributed by atoms with Gasteiger partial charge in [-0.2, -0.15) is 0 Å². The zero-order valence-corrected chi connectivity index (χ0v) is 31.0. The Morgan fingerprint density at radius 3 is 1.51 bits per heavy atom. The molecule has 12 aromatic rings.